The van der Waals surface area contributed by atoms with Gasteiger partial charge in [0.25, 0.3) is 5.91 Å². The number of rotatable bonds is 4. The lowest BCUT2D eigenvalue weighted by atomic mass is 9.93. The van der Waals surface area contributed by atoms with Crippen LogP contribution in [0.25, 0.3) is 0 Å². The Hall–Kier alpha value is -2.23. The van der Waals surface area contributed by atoms with Crippen LogP contribution in [-0.4, -0.2) is 73.1 Å². The number of carbonyl (C=O) groups excluding carboxylic acids is 1. The molecule has 8 nitrogen and oxygen atoms in total. The van der Waals surface area contributed by atoms with Crippen molar-refractivity contribution >= 4 is 15.9 Å². The number of sulfonamides is 1. The van der Waals surface area contributed by atoms with Crippen molar-refractivity contribution in [2.45, 2.75) is 23.7 Å². The summed E-state index contributed by atoms with van der Waals surface area (Å²) >= 11 is 0. The lowest BCUT2D eigenvalue weighted by Crippen LogP contribution is -2.42. The van der Waals surface area contributed by atoms with Crippen molar-refractivity contribution < 1.29 is 17.9 Å². The van der Waals surface area contributed by atoms with Crippen LogP contribution in [0.4, 0.5) is 0 Å². The van der Waals surface area contributed by atoms with Gasteiger partial charge in [-0.1, -0.05) is 18.2 Å². The fraction of sp³-hybridized carbons (Fsp3) is 0.474. The number of piperidine rings is 1. The molecule has 0 saturated carbocycles. The summed E-state index contributed by atoms with van der Waals surface area (Å²) in [6.45, 7) is 3.00. The summed E-state index contributed by atoms with van der Waals surface area (Å²) in [4.78, 5) is 15.0. The second-order valence-electron chi connectivity index (χ2n) is 7.12. The number of hydrogen-bond acceptors (Lipinski definition) is 5. The van der Waals surface area contributed by atoms with Crippen LogP contribution in [0.1, 0.15) is 34.8 Å². The molecule has 9 heteroatoms. The zero-order valence-electron chi connectivity index (χ0n) is 15.6. The van der Waals surface area contributed by atoms with Gasteiger partial charge in [0.15, 0.2) is 0 Å². The molecule has 28 heavy (non-hydrogen) atoms. The molecule has 1 N–H and O–H groups in total. The minimum Gasteiger partial charge on any atom is -0.378 e. The van der Waals surface area contributed by atoms with Crippen molar-refractivity contribution in [1.29, 1.82) is 0 Å². The van der Waals surface area contributed by atoms with Crippen LogP contribution < -0.4 is 0 Å². The number of nitrogens with one attached hydrogen (secondary N) is 1. The highest BCUT2D eigenvalue weighted by Gasteiger charge is 2.34. The standard InChI is InChI=1S/C19H24N4O4S/c24-19(22-9-11-27-12-10-22)17-13-20-21-18(17)15-5-4-8-23(14-15)28(25,26)16-6-2-1-3-7-16/h1-3,6-7,13,15H,4-5,8-12,14H2,(H,20,21). The predicted octanol–water partition coefficient (Wildman–Crippen LogP) is 1.45. The quantitative estimate of drug-likeness (QED) is 0.832. The van der Waals surface area contributed by atoms with Gasteiger partial charge in [-0.05, 0) is 25.0 Å². The lowest BCUT2D eigenvalue weighted by Gasteiger charge is -2.32. The van der Waals surface area contributed by atoms with Crippen molar-refractivity contribution in [3.8, 4) is 0 Å². The van der Waals surface area contributed by atoms with Gasteiger partial charge in [0.2, 0.25) is 10.0 Å². The first-order valence-corrected chi connectivity index (χ1v) is 11.0. The molecule has 1 unspecified atom stereocenters. The number of aromatic amines is 1. The first kappa shape index (κ1) is 19.1. The third kappa shape index (κ3) is 3.69. The lowest BCUT2D eigenvalue weighted by molar-refractivity contribution is 0.0301. The molecule has 2 aliphatic rings. The van der Waals surface area contributed by atoms with E-state index in [2.05, 4.69) is 10.2 Å². The highest BCUT2D eigenvalue weighted by Crippen LogP contribution is 2.31. The van der Waals surface area contributed by atoms with Crippen molar-refractivity contribution in [2.24, 2.45) is 0 Å². The van der Waals surface area contributed by atoms with Crippen LogP contribution in [0.2, 0.25) is 0 Å². The van der Waals surface area contributed by atoms with Crippen molar-refractivity contribution in [3.63, 3.8) is 0 Å². The van der Waals surface area contributed by atoms with E-state index >= 15 is 0 Å². The van der Waals surface area contributed by atoms with Gasteiger partial charge in [-0.15, -0.1) is 0 Å². The second-order valence-corrected chi connectivity index (χ2v) is 9.06. The van der Waals surface area contributed by atoms with Gasteiger partial charge in [0, 0.05) is 32.1 Å². The van der Waals surface area contributed by atoms with Crippen molar-refractivity contribution in [1.82, 2.24) is 19.4 Å². The molecule has 1 amide bonds. The smallest absolute Gasteiger partial charge is 0.257 e. The van der Waals surface area contributed by atoms with E-state index in [0.29, 0.717) is 49.9 Å². The van der Waals surface area contributed by atoms with Gasteiger partial charge in [-0.2, -0.15) is 9.40 Å². The molecule has 2 aliphatic heterocycles. The number of amides is 1. The zero-order valence-corrected chi connectivity index (χ0v) is 16.4. The Kier molecular flexibility index (Phi) is 5.47. The van der Waals surface area contributed by atoms with Gasteiger partial charge in [0.05, 0.1) is 35.6 Å². The summed E-state index contributed by atoms with van der Waals surface area (Å²) in [5.41, 5.74) is 1.26. The molecule has 2 fully saturated rings. The Morgan fingerprint density at radius 2 is 1.89 bits per heavy atom. The molecule has 0 radical (unpaired) electrons. The molecule has 0 aliphatic carbocycles. The molecular formula is C19H24N4O4S. The molecule has 4 rings (SSSR count). The number of carbonyl (C=O) groups is 1. The monoisotopic (exact) mass is 404 g/mol. The molecule has 1 atom stereocenters. The third-order valence-electron chi connectivity index (χ3n) is 5.37. The van der Waals surface area contributed by atoms with Gasteiger partial charge in [-0.25, -0.2) is 8.42 Å². The van der Waals surface area contributed by atoms with E-state index in [9.17, 15) is 13.2 Å². The molecule has 150 valence electrons. The highest BCUT2D eigenvalue weighted by atomic mass is 32.2. The van der Waals surface area contributed by atoms with Crippen molar-refractivity contribution in [2.75, 3.05) is 39.4 Å². The van der Waals surface area contributed by atoms with E-state index < -0.39 is 10.0 Å². The van der Waals surface area contributed by atoms with E-state index in [0.717, 1.165) is 18.5 Å². The average molecular weight is 404 g/mol. The fourth-order valence-electron chi connectivity index (χ4n) is 3.85. The molecule has 3 heterocycles. The largest absolute Gasteiger partial charge is 0.378 e. The number of H-pyrrole nitrogens is 1. The number of aromatic nitrogens is 2. The fourth-order valence-corrected chi connectivity index (χ4v) is 5.40. The minimum absolute atomic E-state index is 0.0740. The highest BCUT2D eigenvalue weighted by molar-refractivity contribution is 7.89. The summed E-state index contributed by atoms with van der Waals surface area (Å²) in [6, 6.07) is 8.47. The Balaban J connectivity index is 1.54. The summed E-state index contributed by atoms with van der Waals surface area (Å²) in [7, 11) is -3.55. The molecule has 0 bridgehead atoms. The Bertz CT molecular complexity index is 922. The number of ether oxygens (including phenoxy) is 1. The second kappa shape index (κ2) is 8.02. The Morgan fingerprint density at radius 3 is 2.64 bits per heavy atom. The van der Waals surface area contributed by atoms with Crippen LogP contribution >= 0.6 is 0 Å². The number of hydrogen-bond donors (Lipinski definition) is 1. The Morgan fingerprint density at radius 1 is 1.14 bits per heavy atom. The molecule has 2 saturated heterocycles. The number of nitrogens with zero attached hydrogens (tertiary/aromatic N) is 3. The minimum atomic E-state index is -3.55. The normalized spacial score (nSPS) is 21.6. The van der Waals surface area contributed by atoms with E-state index in [1.165, 1.54) is 4.31 Å². The van der Waals surface area contributed by atoms with Crippen LogP contribution in [0.15, 0.2) is 41.4 Å². The van der Waals surface area contributed by atoms with Gasteiger partial charge in [0.1, 0.15) is 0 Å². The van der Waals surface area contributed by atoms with E-state index in [4.69, 9.17) is 4.74 Å². The van der Waals surface area contributed by atoms with Crippen LogP contribution in [0.5, 0.6) is 0 Å². The first-order valence-electron chi connectivity index (χ1n) is 9.53. The van der Waals surface area contributed by atoms with Crippen LogP contribution in [0, 0.1) is 0 Å². The average Bonchev–Trinajstić information content (AvgIpc) is 3.24. The molecule has 1 aromatic heterocycles. The zero-order chi connectivity index (χ0) is 19.6. The maximum Gasteiger partial charge on any atom is 0.257 e. The third-order valence-corrected chi connectivity index (χ3v) is 7.25. The molecular weight excluding hydrogens is 380 g/mol. The SMILES string of the molecule is O=C(c1cn[nH]c1C1CCCN(S(=O)(=O)c2ccccc2)C1)N1CCOCC1. The van der Waals surface area contributed by atoms with Gasteiger partial charge in [-0.3, -0.25) is 9.89 Å². The Labute approximate surface area is 164 Å². The summed E-state index contributed by atoms with van der Waals surface area (Å²) in [5, 5.41) is 7.04. The maximum atomic E-state index is 13.0. The molecule has 2 aromatic rings. The maximum absolute atomic E-state index is 13.0. The van der Waals surface area contributed by atoms with Crippen molar-refractivity contribution in [3.05, 3.63) is 47.8 Å². The first-order chi connectivity index (χ1) is 13.6. The predicted molar refractivity (Wildman–Crippen MR) is 102 cm³/mol. The van der Waals surface area contributed by atoms with E-state index in [1.807, 2.05) is 0 Å². The summed E-state index contributed by atoms with van der Waals surface area (Å²) < 4.78 is 32.8. The number of morpholine rings is 1. The summed E-state index contributed by atoms with van der Waals surface area (Å²) in [6.07, 6.45) is 3.10. The molecule has 0 spiro atoms. The number of benzene rings is 1. The summed E-state index contributed by atoms with van der Waals surface area (Å²) in [5.74, 6) is -0.162. The van der Waals surface area contributed by atoms with Crippen LogP contribution in [0.3, 0.4) is 0 Å². The van der Waals surface area contributed by atoms with E-state index in [1.54, 1.807) is 41.4 Å². The van der Waals surface area contributed by atoms with Gasteiger partial charge < -0.3 is 9.64 Å². The van der Waals surface area contributed by atoms with Gasteiger partial charge >= 0.3 is 0 Å². The molecule has 1 aromatic carbocycles. The van der Waals surface area contributed by atoms with Crippen LogP contribution in [-0.2, 0) is 14.8 Å². The van der Waals surface area contributed by atoms with E-state index in [-0.39, 0.29) is 11.8 Å². The topological polar surface area (TPSA) is 95.6 Å².